The van der Waals surface area contributed by atoms with Crippen LogP contribution in [0, 0.1) is 11.7 Å². The van der Waals surface area contributed by atoms with Gasteiger partial charge in [-0.1, -0.05) is 31.4 Å². The number of nitrogens with two attached hydrogens (primary N) is 1. The van der Waals surface area contributed by atoms with Gasteiger partial charge in [0.15, 0.2) is 0 Å². The molecule has 2 unspecified atom stereocenters. The lowest BCUT2D eigenvalue weighted by Gasteiger charge is -2.38. The van der Waals surface area contributed by atoms with Crippen LogP contribution in [-0.4, -0.2) is 6.04 Å². The number of benzene rings is 1. The van der Waals surface area contributed by atoms with Gasteiger partial charge in [-0.2, -0.15) is 0 Å². The molecule has 98 valence electrons. The average Bonchev–Trinajstić information content (AvgIpc) is 2.40. The molecule has 2 N–H and O–H groups in total. The van der Waals surface area contributed by atoms with Crippen molar-refractivity contribution in [2.75, 3.05) is 0 Å². The topological polar surface area (TPSA) is 26.0 Å². The predicted molar refractivity (Wildman–Crippen MR) is 72.0 cm³/mol. The van der Waals surface area contributed by atoms with Crippen molar-refractivity contribution in [2.24, 2.45) is 11.7 Å². The normalized spacial score (nSPS) is 29.0. The Morgan fingerprint density at radius 1 is 1.06 bits per heavy atom. The van der Waals surface area contributed by atoms with E-state index in [2.05, 4.69) is 6.07 Å². The molecular weight excluding hydrogens is 225 g/mol. The average molecular weight is 247 g/mol. The fourth-order valence-electron chi connectivity index (χ4n) is 3.97. The van der Waals surface area contributed by atoms with Gasteiger partial charge >= 0.3 is 0 Å². The number of halogens is 1. The Hall–Kier alpha value is -0.890. The predicted octanol–water partition coefficient (Wildman–Crippen LogP) is 3.76. The molecule has 0 heterocycles. The summed E-state index contributed by atoms with van der Waals surface area (Å²) in [7, 11) is 0. The van der Waals surface area contributed by atoms with Gasteiger partial charge in [0.1, 0.15) is 5.82 Å². The van der Waals surface area contributed by atoms with E-state index < -0.39 is 0 Å². The maximum Gasteiger partial charge on any atom is 0.126 e. The number of rotatable bonds is 1. The zero-order chi connectivity index (χ0) is 12.5. The molecule has 1 aromatic rings. The summed E-state index contributed by atoms with van der Waals surface area (Å²) in [5.74, 6) is 1.04. The van der Waals surface area contributed by atoms with Crippen LogP contribution in [0.15, 0.2) is 18.2 Å². The van der Waals surface area contributed by atoms with Crippen molar-refractivity contribution < 1.29 is 4.39 Å². The van der Waals surface area contributed by atoms with Crippen molar-refractivity contribution in [1.82, 2.24) is 0 Å². The van der Waals surface area contributed by atoms with Crippen molar-refractivity contribution in [3.05, 3.63) is 35.1 Å². The highest BCUT2D eigenvalue weighted by Gasteiger charge is 2.34. The van der Waals surface area contributed by atoms with E-state index in [1.165, 1.54) is 37.7 Å². The summed E-state index contributed by atoms with van der Waals surface area (Å²) in [5.41, 5.74) is 8.50. The summed E-state index contributed by atoms with van der Waals surface area (Å²) < 4.78 is 13.9. The molecule has 0 spiro atoms. The molecule has 1 saturated carbocycles. The minimum absolute atomic E-state index is 0.0276. The molecule has 0 bridgehead atoms. The maximum absolute atomic E-state index is 13.9. The molecule has 3 rings (SSSR count). The van der Waals surface area contributed by atoms with Crippen molar-refractivity contribution in [1.29, 1.82) is 0 Å². The van der Waals surface area contributed by atoms with Crippen LogP contribution in [0.5, 0.6) is 0 Å². The van der Waals surface area contributed by atoms with Gasteiger partial charge in [-0.05, 0) is 48.8 Å². The summed E-state index contributed by atoms with van der Waals surface area (Å²) in [5, 5.41) is 0. The Labute approximate surface area is 109 Å². The van der Waals surface area contributed by atoms with Gasteiger partial charge in [-0.25, -0.2) is 4.39 Å². The van der Waals surface area contributed by atoms with E-state index >= 15 is 0 Å². The van der Waals surface area contributed by atoms with Crippen LogP contribution in [0.2, 0.25) is 0 Å². The van der Waals surface area contributed by atoms with Gasteiger partial charge in [0.25, 0.3) is 0 Å². The second-order valence-corrected chi connectivity index (χ2v) is 5.93. The van der Waals surface area contributed by atoms with Gasteiger partial charge in [-0.3, -0.25) is 0 Å². The molecular formula is C16H22FN. The fourth-order valence-corrected chi connectivity index (χ4v) is 3.97. The van der Waals surface area contributed by atoms with Crippen LogP contribution in [0.3, 0.4) is 0 Å². The van der Waals surface area contributed by atoms with Crippen LogP contribution < -0.4 is 5.73 Å². The van der Waals surface area contributed by atoms with Gasteiger partial charge in [-0.15, -0.1) is 0 Å². The quantitative estimate of drug-likeness (QED) is 0.803. The van der Waals surface area contributed by atoms with Crippen molar-refractivity contribution in [2.45, 2.75) is 56.9 Å². The summed E-state index contributed by atoms with van der Waals surface area (Å²) in [6.07, 6.45) is 8.29. The first kappa shape index (κ1) is 12.2. The maximum atomic E-state index is 13.9. The molecule has 2 aliphatic carbocycles. The molecule has 0 radical (unpaired) electrons. The number of hydrogen-bond donors (Lipinski definition) is 1. The molecule has 18 heavy (non-hydrogen) atoms. The van der Waals surface area contributed by atoms with Crippen LogP contribution in [0.1, 0.15) is 55.6 Å². The second kappa shape index (κ2) is 5.00. The zero-order valence-electron chi connectivity index (χ0n) is 10.9. The highest BCUT2D eigenvalue weighted by molar-refractivity contribution is 5.36. The summed E-state index contributed by atoms with van der Waals surface area (Å²) in [6, 6.07) is 5.77. The SMILES string of the molecule is NC1CCc2c(F)cccc2C1C1CCCCC1. The van der Waals surface area contributed by atoms with Gasteiger partial charge in [0.05, 0.1) is 0 Å². The third-order valence-electron chi connectivity index (χ3n) is 4.86. The van der Waals surface area contributed by atoms with Gasteiger partial charge < -0.3 is 5.73 Å². The van der Waals surface area contributed by atoms with Crippen LogP contribution in [0.25, 0.3) is 0 Å². The lowest BCUT2D eigenvalue weighted by Crippen LogP contribution is -2.38. The zero-order valence-corrected chi connectivity index (χ0v) is 10.9. The minimum Gasteiger partial charge on any atom is -0.327 e. The molecule has 2 heteroatoms. The highest BCUT2D eigenvalue weighted by atomic mass is 19.1. The third-order valence-corrected chi connectivity index (χ3v) is 4.86. The second-order valence-electron chi connectivity index (χ2n) is 5.93. The van der Waals surface area contributed by atoms with Gasteiger partial charge in [0.2, 0.25) is 0 Å². The lowest BCUT2D eigenvalue weighted by atomic mass is 9.68. The van der Waals surface area contributed by atoms with Crippen molar-refractivity contribution in [3.63, 3.8) is 0 Å². The van der Waals surface area contributed by atoms with Crippen LogP contribution >= 0.6 is 0 Å². The minimum atomic E-state index is -0.0276. The van der Waals surface area contributed by atoms with E-state index in [-0.39, 0.29) is 11.9 Å². The fraction of sp³-hybridized carbons (Fsp3) is 0.625. The summed E-state index contributed by atoms with van der Waals surface area (Å²) >= 11 is 0. The smallest absolute Gasteiger partial charge is 0.126 e. The van der Waals surface area contributed by atoms with E-state index in [9.17, 15) is 4.39 Å². The standard InChI is InChI=1S/C16H22FN/c17-14-8-4-7-13-12(14)9-10-15(18)16(13)11-5-2-1-3-6-11/h4,7-8,11,15-16H,1-3,5-6,9-10,18H2. The molecule has 1 nitrogen and oxygen atoms in total. The third kappa shape index (κ3) is 2.07. The first-order valence-corrected chi connectivity index (χ1v) is 7.30. The van der Waals surface area contributed by atoms with Crippen LogP contribution in [-0.2, 0) is 6.42 Å². The van der Waals surface area contributed by atoms with Gasteiger partial charge in [0, 0.05) is 12.0 Å². The monoisotopic (exact) mass is 247 g/mol. The van der Waals surface area contributed by atoms with E-state index in [4.69, 9.17) is 5.73 Å². The van der Waals surface area contributed by atoms with E-state index in [0.29, 0.717) is 11.8 Å². The first-order valence-electron chi connectivity index (χ1n) is 7.30. The van der Waals surface area contributed by atoms with Crippen LogP contribution in [0.4, 0.5) is 4.39 Å². The molecule has 1 fully saturated rings. The molecule has 0 amide bonds. The Morgan fingerprint density at radius 3 is 2.61 bits per heavy atom. The molecule has 0 aliphatic heterocycles. The van der Waals surface area contributed by atoms with E-state index in [1.807, 2.05) is 6.07 Å². The summed E-state index contributed by atoms with van der Waals surface area (Å²) in [6.45, 7) is 0. The Bertz CT molecular complexity index is 423. The highest BCUT2D eigenvalue weighted by Crippen LogP contribution is 2.42. The molecule has 0 saturated heterocycles. The molecule has 2 aliphatic rings. The largest absolute Gasteiger partial charge is 0.327 e. The molecule has 1 aromatic carbocycles. The molecule has 0 aromatic heterocycles. The Morgan fingerprint density at radius 2 is 1.83 bits per heavy atom. The molecule has 2 atom stereocenters. The summed E-state index contributed by atoms with van der Waals surface area (Å²) in [4.78, 5) is 0. The lowest BCUT2D eigenvalue weighted by molar-refractivity contribution is 0.260. The van der Waals surface area contributed by atoms with E-state index in [1.54, 1.807) is 6.07 Å². The Balaban J connectivity index is 1.96. The van der Waals surface area contributed by atoms with Crippen molar-refractivity contribution >= 4 is 0 Å². The number of hydrogen-bond acceptors (Lipinski definition) is 1. The Kier molecular flexibility index (Phi) is 3.38. The van der Waals surface area contributed by atoms with E-state index in [0.717, 1.165) is 18.4 Å². The first-order chi connectivity index (χ1) is 8.77. The number of fused-ring (bicyclic) bond motifs is 1. The van der Waals surface area contributed by atoms with Crippen molar-refractivity contribution in [3.8, 4) is 0 Å².